The number of aliphatic carboxylic acids is 1. The Morgan fingerprint density at radius 1 is 1.10 bits per heavy atom. The Morgan fingerprint density at radius 3 is 2.48 bits per heavy atom. The molecule has 2 unspecified atom stereocenters. The van der Waals surface area contributed by atoms with Crippen LogP contribution in [0.4, 0.5) is 0 Å². The van der Waals surface area contributed by atoms with E-state index >= 15 is 0 Å². The highest BCUT2D eigenvalue weighted by Crippen LogP contribution is 2.27. The molecule has 4 N–H and O–H groups in total. The second-order valence-electron chi connectivity index (χ2n) is 7.74. The normalized spacial score (nSPS) is 14.5. The predicted molar refractivity (Wildman–Crippen MR) is 112 cm³/mol. The summed E-state index contributed by atoms with van der Waals surface area (Å²) in [4.78, 5) is 16.0. The molecule has 0 saturated carbocycles. The van der Waals surface area contributed by atoms with Gasteiger partial charge in [0.25, 0.3) is 0 Å². The van der Waals surface area contributed by atoms with Crippen molar-refractivity contribution in [3.8, 4) is 11.5 Å². The number of ether oxygens (including phenoxy) is 1. The molecule has 6 nitrogen and oxygen atoms in total. The van der Waals surface area contributed by atoms with Crippen LogP contribution in [0.25, 0.3) is 10.8 Å². The van der Waals surface area contributed by atoms with E-state index in [1.54, 1.807) is 12.1 Å². The molecule has 3 rings (SSSR count). The largest absolute Gasteiger partial charge is 0.479 e. The number of pyridine rings is 1. The van der Waals surface area contributed by atoms with Gasteiger partial charge in [0.2, 0.25) is 0 Å². The van der Waals surface area contributed by atoms with Gasteiger partial charge < -0.3 is 20.7 Å². The van der Waals surface area contributed by atoms with Crippen molar-refractivity contribution >= 4 is 16.7 Å². The molecule has 0 saturated heterocycles. The topological polar surface area (TPSA) is 106 Å². The molecular formula is C23H26N2O4. The van der Waals surface area contributed by atoms with Crippen LogP contribution in [0.2, 0.25) is 0 Å². The van der Waals surface area contributed by atoms with Gasteiger partial charge in [-0.05, 0) is 41.3 Å². The van der Waals surface area contributed by atoms with E-state index in [9.17, 15) is 15.0 Å². The Bertz CT molecular complexity index is 1000. The van der Waals surface area contributed by atoms with Crippen LogP contribution >= 0.6 is 0 Å². The number of carbonyl (C=O) groups is 1. The molecule has 0 fully saturated rings. The number of nitrogens with two attached hydrogens (primary N) is 1. The summed E-state index contributed by atoms with van der Waals surface area (Å²) in [5.41, 5.74) is 4.32. The number of carboxylic acids is 1. The number of hydrogen-bond donors (Lipinski definition) is 3. The molecule has 0 aliphatic heterocycles. The second kappa shape index (κ2) is 8.59. The molecule has 29 heavy (non-hydrogen) atoms. The summed E-state index contributed by atoms with van der Waals surface area (Å²) in [6.07, 6.45) is 1.71. The van der Waals surface area contributed by atoms with E-state index in [2.05, 4.69) is 4.98 Å². The number of rotatable bonds is 8. The van der Waals surface area contributed by atoms with Crippen molar-refractivity contribution in [3.63, 3.8) is 0 Å². The van der Waals surface area contributed by atoms with Crippen molar-refractivity contribution < 1.29 is 19.7 Å². The predicted octanol–water partition coefficient (Wildman–Crippen LogP) is 3.76. The van der Waals surface area contributed by atoms with E-state index in [1.807, 2.05) is 56.3 Å². The molecule has 0 bridgehead atoms. The van der Waals surface area contributed by atoms with Gasteiger partial charge in [-0.2, -0.15) is 0 Å². The Balaban J connectivity index is 1.81. The number of carboxylic acid groups (broad SMARTS) is 1. The number of aromatic nitrogens is 1. The molecule has 0 spiro atoms. The highest BCUT2D eigenvalue weighted by atomic mass is 16.5. The summed E-state index contributed by atoms with van der Waals surface area (Å²) in [5, 5.41) is 22.5. The molecule has 6 heteroatoms. The SMILES string of the molecule is CC(C)CC(N)C(O)(Cc1cc(Oc2ccc3ccccc3c2)ccn1)C(=O)O. The van der Waals surface area contributed by atoms with E-state index in [0.717, 1.165) is 10.8 Å². The van der Waals surface area contributed by atoms with Gasteiger partial charge in [-0.25, -0.2) is 4.79 Å². The Labute approximate surface area is 170 Å². The molecule has 1 heterocycles. The van der Waals surface area contributed by atoms with Crippen molar-refractivity contribution in [1.29, 1.82) is 0 Å². The van der Waals surface area contributed by atoms with Gasteiger partial charge in [-0.1, -0.05) is 44.2 Å². The number of fused-ring (bicyclic) bond motifs is 1. The zero-order valence-electron chi connectivity index (χ0n) is 16.6. The molecule has 0 aliphatic carbocycles. The summed E-state index contributed by atoms with van der Waals surface area (Å²) in [6.45, 7) is 3.86. The standard InChI is InChI=1S/C23H26N2O4/c1-15(2)11-21(24)23(28,22(26)27)14-18-13-20(9-10-25-18)29-19-8-7-16-5-3-4-6-17(16)12-19/h3-10,12-13,15,21,28H,11,14,24H2,1-2H3,(H,26,27). The first kappa shape index (κ1) is 20.8. The number of benzene rings is 2. The lowest BCUT2D eigenvalue weighted by molar-refractivity contribution is -0.161. The third-order valence-electron chi connectivity index (χ3n) is 4.90. The van der Waals surface area contributed by atoms with Crippen LogP contribution in [0, 0.1) is 5.92 Å². The fraction of sp³-hybridized carbons (Fsp3) is 0.304. The zero-order valence-corrected chi connectivity index (χ0v) is 16.6. The monoisotopic (exact) mass is 394 g/mol. The Morgan fingerprint density at radius 2 is 1.79 bits per heavy atom. The number of aliphatic hydroxyl groups is 1. The zero-order chi connectivity index (χ0) is 21.0. The lowest BCUT2D eigenvalue weighted by atomic mass is 9.84. The van der Waals surface area contributed by atoms with Gasteiger partial charge in [0.15, 0.2) is 5.60 Å². The van der Waals surface area contributed by atoms with Crippen LogP contribution in [-0.4, -0.2) is 32.8 Å². The maximum atomic E-state index is 11.8. The highest BCUT2D eigenvalue weighted by molar-refractivity contribution is 5.83. The fourth-order valence-electron chi connectivity index (χ4n) is 3.33. The smallest absolute Gasteiger partial charge is 0.337 e. The molecule has 2 atom stereocenters. The van der Waals surface area contributed by atoms with Crippen LogP contribution < -0.4 is 10.5 Å². The third-order valence-corrected chi connectivity index (χ3v) is 4.90. The third kappa shape index (κ3) is 4.91. The number of hydrogen-bond acceptors (Lipinski definition) is 5. The van der Waals surface area contributed by atoms with Crippen molar-refractivity contribution in [3.05, 3.63) is 66.5 Å². The van der Waals surface area contributed by atoms with Gasteiger partial charge in [0.05, 0.1) is 0 Å². The van der Waals surface area contributed by atoms with E-state index in [1.165, 1.54) is 6.20 Å². The van der Waals surface area contributed by atoms with Gasteiger partial charge in [0, 0.05) is 30.4 Å². The fourth-order valence-corrected chi connectivity index (χ4v) is 3.33. The van der Waals surface area contributed by atoms with Gasteiger partial charge >= 0.3 is 5.97 Å². The first-order valence-electron chi connectivity index (χ1n) is 9.61. The minimum Gasteiger partial charge on any atom is -0.479 e. The maximum Gasteiger partial charge on any atom is 0.337 e. The summed E-state index contributed by atoms with van der Waals surface area (Å²) in [6, 6.07) is 16.1. The van der Waals surface area contributed by atoms with Crippen LogP contribution in [0.1, 0.15) is 26.0 Å². The maximum absolute atomic E-state index is 11.8. The van der Waals surface area contributed by atoms with Crippen LogP contribution in [0.3, 0.4) is 0 Å². The second-order valence-corrected chi connectivity index (χ2v) is 7.74. The molecule has 0 amide bonds. The first-order valence-corrected chi connectivity index (χ1v) is 9.61. The molecule has 0 aliphatic rings. The van der Waals surface area contributed by atoms with Crippen molar-refractivity contribution in [2.75, 3.05) is 0 Å². The number of nitrogens with zero attached hydrogens (tertiary/aromatic N) is 1. The van der Waals surface area contributed by atoms with Gasteiger partial charge in [-0.15, -0.1) is 0 Å². The summed E-state index contributed by atoms with van der Waals surface area (Å²) in [5.74, 6) is -0.0268. The average molecular weight is 394 g/mol. The van der Waals surface area contributed by atoms with Crippen LogP contribution in [0.15, 0.2) is 60.8 Å². The Kier molecular flexibility index (Phi) is 6.15. The Hall–Kier alpha value is -2.96. The van der Waals surface area contributed by atoms with Crippen molar-refractivity contribution in [2.24, 2.45) is 11.7 Å². The summed E-state index contributed by atoms with van der Waals surface area (Å²) >= 11 is 0. The molecule has 0 radical (unpaired) electrons. The van der Waals surface area contributed by atoms with Crippen molar-refractivity contribution in [2.45, 2.75) is 38.3 Å². The minimum atomic E-state index is -2.10. The van der Waals surface area contributed by atoms with Gasteiger partial charge in [-0.3, -0.25) is 4.98 Å². The molecular weight excluding hydrogens is 368 g/mol. The molecule has 152 valence electrons. The summed E-state index contributed by atoms with van der Waals surface area (Å²) < 4.78 is 5.93. The first-order chi connectivity index (χ1) is 13.8. The van der Waals surface area contributed by atoms with Crippen LogP contribution in [0.5, 0.6) is 11.5 Å². The molecule has 1 aromatic heterocycles. The minimum absolute atomic E-state index is 0.159. The summed E-state index contributed by atoms with van der Waals surface area (Å²) in [7, 11) is 0. The highest BCUT2D eigenvalue weighted by Gasteiger charge is 2.43. The molecule has 3 aromatic rings. The van der Waals surface area contributed by atoms with E-state index in [0.29, 0.717) is 23.6 Å². The lowest BCUT2D eigenvalue weighted by Crippen LogP contribution is -2.56. The molecule has 2 aromatic carbocycles. The van der Waals surface area contributed by atoms with E-state index < -0.39 is 17.6 Å². The van der Waals surface area contributed by atoms with E-state index in [4.69, 9.17) is 10.5 Å². The van der Waals surface area contributed by atoms with Crippen LogP contribution in [-0.2, 0) is 11.2 Å². The van der Waals surface area contributed by atoms with Gasteiger partial charge in [0.1, 0.15) is 11.5 Å². The quantitative estimate of drug-likeness (QED) is 0.537. The van der Waals surface area contributed by atoms with E-state index in [-0.39, 0.29) is 12.3 Å². The van der Waals surface area contributed by atoms with Crippen molar-refractivity contribution in [1.82, 2.24) is 4.98 Å². The average Bonchev–Trinajstić information content (AvgIpc) is 2.67. The lowest BCUT2D eigenvalue weighted by Gasteiger charge is -2.30.